The van der Waals surface area contributed by atoms with Gasteiger partial charge in [-0.15, -0.1) is 5.10 Å². The first-order chi connectivity index (χ1) is 16.3. The van der Waals surface area contributed by atoms with Gasteiger partial charge in [0.15, 0.2) is 0 Å². The second kappa shape index (κ2) is 10.4. The maximum atomic E-state index is 12.4. The topological polar surface area (TPSA) is 120 Å². The Labute approximate surface area is 199 Å². The van der Waals surface area contributed by atoms with Gasteiger partial charge in [-0.25, -0.2) is 14.5 Å². The smallest absolute Gasteiger partial charge is 0.409 e. The minimum atomic E-state index is -0.761. The van der Waals surface area contributed by atoms with Crippen molar-refractivity contribution in [2.45, 2.75) is 64.6 Å². The average molecular weight is 472 g/mol. The maximum Gasteiger partial charge on any atom is 0.409 e. The number of nitrogens with zero attached hydrogens (tertiary/aromatic N) is 5. The number of aryl methyl sites for hydroxylation is 2. The van der Waals surface area contributed by atoms with E-state index < -0.39 is 5.97 Å². The lowest BCUT2D eigenvalue weighted by Gasteiger charge is -2.29. The van der Waals surface area contributed by atoms with Gasteiger partial charge in [0.1, 0.15) is 23.7 Å². The van der Waals surface area contributed by atoms with Crippen molar-refractivity contribution in [3.63, 3.8) is 0 Å². The zero-order valence-electron chi connectivity index (χ0n) is 20.1. The minimum Gasteiger partial charge on any atom is -0.489 e. The van der Waals surface area contributed by atoms with Crippen LogP contribution in [0.15, 0.2) is 12.1 Å². The Bertz CT molecular complexity index is 1030. The first-order valence-corrected chi connectivity index (χ1v) is 12.0. The fourth-order valence-corrected chi connectivity index (χ4v) is 4.58. The second-order valence-corrected chi connectivity index (χ2v) is 9.46. The lowest BCUT2D eigenvalue weighted by molar-refractivity contribution is -0.143. The molecule has 0 aliphatic heterocycles. The average Bonchev–Trinajstić information content (AvgIpc) is 3.16. The van der Waals surface area contributed by atoms with Crippen LogP contribution in [-0.2, 0) is 23.2 Å². The third-order valence-corrected chi connectivity index (χ3v) is 6.89. The molecule has 1 N–H and O–H groups in total. The number of aromatic nitrogens is 4. The van der Waals surface area contributed by atoms with Crippen LogP contribution in [0.4, 0.5) is 4.79 Å². The fraction of sp³-hybridized carbons (Fsp3) is 0.625. The number of carbonyl (C=O) groups excluding carboxylic acids is 1. The van der Waals surface area contributed by atoms with Crippen molar-refractivity contribution < 1.29 is 24.2 Å². The summed E-state index contributed by atoms with van der Waals surface area (Å²) in [6.07, 6.45) is 5.94. The van der Waals surface area contributed by atoms with E-state index in [4.69, 9.17) is 9.47 Å². The summed E-state index contributed by atoms with van der Waals surface area (Å²) in [6.45, 7) is 2.61. The zero-order chi connectivity index (χ0) is 24.2. The molecule has 2 saturated carbocycles. The predicted octanol–water partition coefficient (Wildman–Crippen LogP) is 3.58. The Morgan fingerprint density at radius 3 is 2.65 bits per heavy atom. The highest BCUT2D eigenvalue weighted by atomic mass is 16.6. The van der Waals surface area contributed by atoms with E-state index in [0.717, 1.165) is 12.8 Å². The van der Waals surface area contributed by atoms with E-state index in [1.54, 1.807) is 29.7 Å². The third-order valence-electron chi connectivity index (χ3n) is 6.89. The van der Waals surface area contributed by atoms with Crippen molar-refractivity contribution in [2.24, 2.45) is 18.9 Å². The van der Waals surface area contributed by atoms with Crippen LogP contribution in [0, 0.1) is 18.8 Å². The summed E-state index contributed by atoms with van der Waals surface area (Å²) < 4.78 is 13.2. The highest BCUT2D eigenvalue weighted by Crippen LogP contribution is 2.31. The quantitative estimate of drug-likeness (QED) is 0.620. The van der Waals surface area contributed by atoms with Gasteiger partial charge < -0.3 is 19.5 Å². The minimum absolute atomic E-state index is 0.0459. The number of carboxylic acid groups (broad SMARTS) is 1. The van der Waals surface area contributed by atoms with Crippen molar-refractivity contribution in [1.29, 1.82) is 0 Å². The van der Waals surface area contributed by atoms with Crippen LogP contribution >= 0.6 is 0 Å². The summed E-state index contributed by atoms with van der Waals surface area (Å²) in [5.74, 6) is 0.0878. The number of carboxylic acids is 1. The Hall–Kier alpha value is -3.17. The summed E-state index contributed by atoms with van der Waals surface area (Å²) in [6, 6.07) is 3.64. The monoisotopic (exact) mass is 471 g/mol. The summed E-state index contributed by atoms with van der Waals surface area (Å²) in [5, 5.41) is 17.6. The highest BCUT2D eigenvalue weighted by molar-refractivity contribution is 5.70. The molecular weight excluding hydrogens is 438 g/mol. The molecule has 0 radical (unpaired) electrons. The molecule has 184 valence electrons. The van der Waals surface area contributed by atoms with Crippen molar-refractivity contribution in [1.82, 2.24) is 24.9 Å². The zero-order valence-corrected chi connectivity index (χ0v) is 20.1. The third kappa shape index (κ3) is 5.48. The molecule has 2 fully saturated rings. The molecule has 1 amide bonds. The van der Waals surface area contributed by atoms with Gasteiger partial charge in [0.2, 0.25) is 0 Å². The van der Waals surface area contributed by atoms with E-state index in [0.29, 0.717) is 53.8 Å². The largest absolute Gasteiger partial charge is 0.489 e. The predicted molar refractivity (Wildman–Crippen MR) is 123 cm³/mol. The van der Waals surface area contributed by atoms with Crippen LogP contribution in [0.3, 0.4) is 0 Å². The van der Waals surface area contributed by atoms with Gasteiger partial charge in [-0.05, 0) is 63.5 Å². The molecule has 0 aromatic carbocycles. The van der Waals surface area contributed by atoms with Gasteiger partial charge in [-0.3, -0.25) is 4.79 Å². The Kier molecular flexibility index (Phi) is 7.33. The van der Waals surface area contributed by atoms with Gasteiger partial charge in [0.25, 0.3) is 0 Å². The highest BCUT2D eigenvalue weighted by Gasteiger charge is 2.29. The Morgan fingerprint density at radius 2 is 1.97 bits per heavy atom. The van der Waals surface area contributed by atoms with Gasteiger partial charge >= 0.3 is 12.1 Å². The lowest BCUT2D eigenvalue weighted by atomic mass is 9.85. The van der Waals surface area contributed by atoms with Crippen LogP contribution in [0.1, 0.15) is 56.3 Å². The Morgan fingerprint density at radius 1 is 1.21 bits per heavy atom. The molecule has 2 aliphatic rings. The molecule has 10 nitrogen and oxygen atoms in total. The molecular formula is C24H33N5O5. The van der Waals surface area contributed by atoms with Gasteiger partial charge in [-0.2, -0.15) is 0 Å². The second-order valence-electron chi connectivity index (χ2n) is 9.46. The number of pyridine rings is 1. The summed E-state index contributed by atoms with van der Waals surface area (Å²) in [4.78, 5) is 30.0. The number of amides is 1. The van der Waals surface area contributed by atoms with Crippen LogP contribution in [0.5, 0.6) is 5.75 Å². The molecule has 34 heavy (non-hydrogen) atoms. The SMILES string of the molecule is Cc1nc(-c2nnn(C)c2COC(=O)N(C)CC2CCC2)ccc1O[C@@H]1CCC[C@H](C(=O)O)C1. The Balaban J connectivity index is 1.41. The molecule has 0 bridgehead atoms. The molecule has 2 aromatic heterocycles. The van der Waals surface area contributed by atoms with Crippen molar-refractivity contribution in [3.8, 4) is 17.1 Å². The van der Waals surface area contributed by atoms with E-state index in [9.17, 15) is 14.7 Å². The van der Waals surface area contributed by atoms with E-state index in [1.165, 1.54) is 19.3 Å². The normalized spacial score (nSPS) is 20.4. The molecule has 2 heterocycles. The number of rotatable bonds is 8. The molecule has 2 aromatic rings. The van der Waals surface area contributed by atoms with Crippen LogP contribution in [-0.4, -0.2) is 61.7 Å². The van der Waals surface area contributed by atoms with Crippen LogP contribution in [0.2, 0.25) is 0 Å². The number of carbonyl (C=O) groups is 2. The van der Waals surface area contributed by atoms with E-state index in [1.807, 2.05) is 13.0 Å². The molecule has 0 saturated heterocycles. The molecule has 0 unspecified atom stereocenters. The fourth-order valence-electron chi connectivity index (χ4n) is 4.58. The lowest BCUT2D eigenvalue weighted by Crippen LogP contribution is -2.34. The van der Waals surface area contributed by atoms with E-state index >= 15 is 0 Å². The van der Waals surface area contributed by atoms with Crippen molar-refractivity contribution >= 4 is 12.1 Å². The van der Waals surface area contributed by atoms with Crippen LogP contribution < -0.4 is 4.74 Å². The first-order valence-electron chi connectivity index (χ1n) is 12.0. The maximum absolute atomic E-state index is 12.4. The molecule has 2 aliphatic carbocycles. The number of aliphatic carboxylic acids is 1. The van der Waals surface area contributed by atoms with Crippen molar-refractivity contribution in [3.05, 3.63) is 23.5 Å². The van der Waals surface area contributed by atoms with E-state index in [2.05, 4.69) is 15.3 Å². The molecule has 10 heteroatoms. The molecule has 0 spiro atoms. The van der Waals surface area contributed by atoms with Crippen LogP contribution in [0.25, 0.3) is 11.4 Å². The number of hydrogen-bond donors (Lipinski definition) is 1. The first kappa shape index (κ1) is 24.0. The van der Waals surface area contributed by atoms with Gasteiger partial charge in [0.05, 0.1) is 23.4 Å². The molecule has 4 rings (SSSR count). The summed E-state index contributed by atoms with van der Waals surface area (Å²) >= 11 is 0. The van der Waals surface area contributed by atoms with Gasteiger partial charge in [0, 0.05) is 20.6 Å². The molecule has 2 atom stereocenters. The summed E-state index contributed by atoms with van der Waals surface area (Å²) in [5.41, 5.74) is 2.50. The van der Waals surface area contributed by atoms with E-state index in [-0.39, 0.29) is 24.7 Å². The standard InChI is InChI=1S/C24H33N5O5/c1-15-21(34-18-9-5-8-17(12-18)23(30)31)11-10-19(25-15)22-20(29(3)27-26-22)14-33-24(32)28(2)13-16-6-4-7-16/h10-11,16-18H,4-9,12-14H2,1-3H3,(H,30,31)/t17-,18+/m0/s1. The number of hydrogen-bond acceptors (Lipinski definition) is 7. The van der Waals surface area contributed by atoms with Crippen molar-refractivity contribution in [2.75, 3.05) is 13.6 Å². The van der Waals surface area contributed by atoms with Gasteiger partial charge in [-0.1, -0.05) is 11.6 Å². The number of ether oxygens (including phenoxy) is 2. The summed E-state index contributed by atoms with van der Waals surface area (Å²) in [7, 11) is 3.52.